The van der Waals surface area contributed by atoms with Crippen LogP contribution in [0.1, 0.15) is 53.6 Å². The molecule has 0 bridgehead atoms. The molecule has 0 spiro atoms. The summed E-state index contributed by atoms with van der Waals surface area (Å²) in [5.41, 5.74) is 2.58. The number of rotatable bonds is 8. The van der Waals surface area contributed by atoms with Crippen molar-refractivity contribution in [3.8, 4) is 0 Å². The second-order valence-electron chi connectivity index (χ2n) is 7.07. The van der Waals surface area contributed by atoms with Gasteiger partial charge in [-0.05, 0) is 17.7 Å². The Labute approximate surface area is 168 Å². The summed E-state index contributed by atoms with van der Waals surface area (Å²) < 4.78 is 16.0. The summed E-state index contributed by atoms with van der Waals surface area (Å²) >= 11 is 0. The zero-order valence-corrected chi connectivity index (χ0v) is 16.6. The van der Waals surface area contributed by atoms with Gasteiger partial charge in [0.2, 0.25) is 6.29 Å². The van der Waals surface area contributed by atoms with Crippen LogP contribution >= 0.6 is 0 Å². The number of furan rings is 1. The molecule has 0 fully saturated rings. The van der Waals surface area contributed by atoms with Crippen molar-refractivity contribution in [1.29, 1.82) is 0 Å². The Balaban J connectivity index is 1.64. The minimum atomic E-state index is -1.05. The number of hydrogen-bond donors (Lipinski definition) is 1. The van der Waals surface area contributed by atoms with E-state index in [1.165, 1.54) is 12.3 Å². The zero-order valence-electron chi connectivity index (χ0n) is 16.6. The van der Waals surface area contributed by atoms with E-state index in [1.54, 1.807) is 44.2 Å². The van der Waals surface area contributed by atoms with Crippen LogP contribution in [-0.2, 0) is 20.7 Å². The molecule has 7 nitrogen and oxygen atoms in total. The van der Waals surface area contributed by atoms with Crippen LogP contribution in [0.15, 0.2) is 47.1 Å². The Morgan fingerprint density at radius 3 is 2.34 bits per heavy atom. The fourth-order valence-corrected chi connectivity index (χ4v) is 2.71. The van der Waals surface area contributed by atoms with E-state index in [1.807, 2.05) is 6.92 Å². The average Bonchev–Trinajstić information content (AvgIpc) is 3.30. The molecule has 3 aromatic rings. The van der Waals surface area contributed by atoms with Gasteiger partial charge in [-0.3, -0.25) is 4.79 Å². The van der Waals surface area contributed by atoms with E-state index in [2.05, 4.69) is 4.98 Å². The monoisotopic (exact) mass is 397 g/mol. The fourth-order valence-electron chi connectivity index (χ4n) is 2.71. The van der Waals surface area contributed by atoms with Crippen LogP contribution in [0.5, 0.6) is 0 Å². The van der Waals surface area contributed by atoms with E-state index in [-0.39, 0.29) is 17.4 Å². The maximum atomic E-state index is 12.5. The first-order valence-electron chi connectivity index (χ1n) is 9.46. The number of ketones is 1. The number of fused-ring (bicyclic) bond motifs is 1. The number of ether oxygens (including phenoxy) is 2. The van der Waals surface area contributed by atoms with Crippen LogP contribution in [0.25, 0.3) is 11.1 Å². The highest BCUT2D eigenvalue weighted by atomic mass is 16.7. The number of H-pyrrole nitrogens is 1. The standard InChI is InChI=1S/C22H23NO6/c1-4-16(24)11-14-5-7-15(8-6-14)20(25)28-22(13(2)3)29-21(26)18-12-19-17(23-18)9-10-27-19/h5-10,12-13,22-23H,4,11H2,1-3H3. The maximum absolute atomic E-state index is 12.5. The molecular weight excluding hydrogens is 374 g/mol. The minimum Gasteiger partial charge on any atom is -0.463 e. The van der Waals surface area contributed by atoms with Crippen molar-refractivity contribution in [3.05, 3.63) is 59.5 Å². The van der Waals surface area contributed by atoms with E-state index in [9.17, 15) is 14.4 Å². The lowest BCUT2D eigenvalue weighted by Gasteiger charge is -2.21. The number of carbonyl (C=O) groups is 3. The maximum Gasteiger partial charge on any atom is 0.357 e. The smallest absolute Gasteiger partial charge is 0.357 e. The number of hydrogen-bond acceptors (Lipinski definition) is 6. The van der Waals surface area contributed by atoms with Gasteiger partial charge in [0, 0.05) is 30.9 Å². The molecule has 7 heteroatoms. The summed E-state index contributed by atoms with van der Waals surface area (Å²) in [5.74, 6) is -1.37. The molecule has 1 unspecified atom stereocenters. The predicted molar refractivity (Wildman–Crippen MR) is 105 cm³/mol. The van der Waals surface area contributed by atoms with Gasteiger partial charge in [-0.2, -0.15) is 0 Å². The van der Waals surface area contributed by atoms with Gasteiger partial charge in [0.15, 0.2) is 5.58 Å². The second-order valence-corrected chi connectivity index (χ2v) is 7.07. The van der Waals surface area contributed by atoms with E-state index < -0.39 is 18.2 Å². The van der Waals surface area contributed by atoms with Crippen LogP contribution in [0.4, 0.5) is 0 Å². The van der Waals surface area contributed by atoms with Gasteiger partial charge >= 0.3 is 11.9 Å². The van der Waals surface area contributed by atoms with Gasteiger partial charge in [0.1, 0.15) is 11.5 Å². The van der Waals surface area contributed by atoms with Crippen molar-refractivity contribution in [3.63, 3.8) is 0 Å². The molecule has 0 aliphatic carbocycles. The summed E-state index contributed by atoms with van der Waals surface area (Å²) in [4.78, 5) is 39.3. The van der Waals surface area contributed by atoms with Crippen LogP contribution in [0, 0.1) is 5.92 Å². The van der Waals surface area contributed by atoms with Crippen molar-refractivity contribution >= 4 is 28.8 Å². The SMILES string of the molecule is CCC(=O)Cc1ccc(C(=O)OC(OC(=O)c2cc3occc3[nH]2)C(C)C)cc1. The molecule has 0 saturated carbocycles. The molecule has 2 heterocycles. The van der Waals surface area contributed by atoms with E-state index in [0.29, 0.717) is 29.5 Å². The van der Waals surface area contributed by atoms with Gasteiger partial charge in [-0.1, -0.05) is 32.9 Å². The van der Waals surface area contributed by atoms with Gasteiger partial charge in [0.25, 0.3) is 0 Å². The number of benzene rings is 1. The van der Waals surface area contributed by atoms with Crippen molar-refractivity contribution in [2.45, 2.75) is 39.9 Å². The minimum absolute atomic E-state index is 0.128. The zero-order chi connectivity index (χ0) is 21.0. The van der Waals surface area contributed by atoms with Crippen LogP contribution in [0.2, 0.25) is 0 Å². The molecule has 0 amide bonds. The lowest BCUT2D eigenvalue weighted by atomic mass is 10.1. The molecule has 1 atom stereocenters. The molecule has 0 saturated heterocycles. The lowest BCUT2D eigenvalue weighted by molar-refractivity contribution is -0.118. The molecule has 0 radical (unpaired) electrons. The number of esters is 2. The van der Waals surface area contributed by atoms with Gasteiger partial charge in [-0.25, -0.2) is 9.59 Å². The number of Topliss-reactive ketones (excluding diaryl/α,β-unsaturated/α-hetero) is 1. The molecule has 29 heavy (non-hydrogen) atoms. The van der Waals surface area contributed by atoms with Crippen LogP contribution in [0.3, 0.4) is 0 Å². The molecule has 0 aliphatic rings. The summed E-state index contributed by atoms with van der Waals surface area (Å²) in [6.07, 6.45) is 1.26. The highest BCUT2D eigenvalue weighted by Gasteiger charge is 2.25. The third kappa shape index (κ3) is 4.93. The van der Waals surface area contributed by atoms with E-state index in [4.69, 9.17) is 13.9 Å². The van der Waals surface area contributed by atoms with E-state index >= 15 is 0 Å². The molecule has 0 aliphatic heterocycles. The normalized spacial score (nSPS) is 12.1. The summed E-state index contributed by atoms with van der Waals surface area (Å²) in [7, 11) is 0. The highest BCUT2D eigenvalue weighted by Crippen LogP contribution is 2.19. The molecule has 152 valence electrons. The molecular formula is C22H23NO6. The number of carbonyl (C=O) groups excluding carboxylic acids is 3. The fraction of sp³-hybridized carbons (Fsp3) is 0.318. The first kappa shape index (κ1) is 20.4. The van der Waals surface area contributed by atoms with Gasteiger partial charge in [-0.15, -0.1) is 0 Å². The molecule has 1 N–H and O–H groups in total. The Hall–Kier alpha value is -3.35. The highest BCUT2D eigenvalue weighted by molar-refractivity contribution is 5.93. The van der Waals surface area contributed by atoms with Crippen molar-refractivity contribution in [1.82, 2.24) is 4.98 Å². The third-order valence-electron chi connectivity index (χ3n) is 4.44. The Bertz CT molecular complexity index is 983. The van der Waals surface area contributed by atoms with Gasteiger partial charge in [0.05, 0.1) is 17.3 Å². The third-order valence-corrected chi connectivity index (χ3v) is 4.44. The quantitative estimate of drug-likeness (QED) is 0.450. The molecule has 1 aromatic carbocycles. The average molecular weight is 397 g/mol. The largest absolute Gasteiger partial charge is 0.463 e. The van der Waals surface area contributed by atoms with Crippen molar-refractivity contribution < 1.29 is 28.3 Å². The Morgan fingerprint density at radius 2 is 1.72 bits per heavy atom. The summed E-state index contributed by atoms with van der Waals surface area (Å²) in [6.45, 7) is 5.38. The van der Waals surface area contributed by atoms with E-state index in [0.717, 1.165) is 5.56 Å². The summed E-state index contributed by atoms with van der Waals surface area (Å²) in [6, 6.07) is 9.86. The molecule has 2 aromatic heterocycles. The Morgan fingerprint density at radius 1 is 1.03 bits per heavy atom. The van der Waals surface area contributed by atoms with Crippen molar-refractivity contribution in [2.24, 2.45) is 5.92 Å². The Kier molecular flexibility index (Phi) is 6.16. The van der Waals surface area contributed by atoms with Crippen LogP contribution in [-0.4, -0.2) is 29.0 Å². The summed E-state index contributed by atoms with van der Waals surface area (Å²) in [5, 5.41) is 0. The number of aromatic amines is 1. The van der Waals surface area contributed by atoms with Crippen molar-refractivity contribution in [2.75, 3.05) is 0 Å². The number of nitrogens with one attached hydrogen (secondary N) is 1. The molecule has 3 rings (SSSR count). The topological polar surface area (TPSA) is 98.6 Å². The van der Waals surface area contributed by atoms with Gasteiger partial charge < -0.3 is 18.9 Å². The lowest BCUT2D eigenvalue weighted by Crippen LogP contribution is -2.29. The van der Waals surface area contributed by atoms with Crippen LogP contribution < -0.4 is 0 Å². The second kappa shape index (κ2) is 8.77. The predicted octanol–water partition coefficient (Wildman–Crippen LogP) is 4.28. The first-order valence-corrected chi connectivity index (χ1v) is 9.46. The number of aromatic nitrogens is 1. The first-order chi connectivity index (χ1) is 13.9.